The maximum Gasteiger partial charge on any atom is 0.126 e. The molecule has 0 amide bonds. The van der Waals surface area contributed by atoms with E-state index in [0.29, 0.717) is 5.50 Å². The molecular formula is C12H19ClO3Si. The van der Waals surface area contributed by atoms with Crippen LogP contribution in [0.4, 0.5) is 0 Å². The van der Waals surface area contributed by atoms with Gasteiger partial charge in [-0.2, -0.15) is 0 Å². The highest BCUT2D eigenvalue weighted by atomic mass is 35.5. The molecule has 0 atom stereocenters. The summed E-state index contributed by atoms with van der Waals surface area (Å²) in [6.45, 7) is 4.37. The molecule has 0 spiro atoms. The Kier molecular flexibility index (Phi) is 4.71. The molecular weight excluding hydrogens is 256 g/mol. The largest absolute Gasteiger partial charge is 0.497 e. The monoisotopic (exact) mass is 274 g/mol. The topological polar surface area (TPSA) is 27.7 Å². The number of rotatable bonds is 5. The summed E-state index contributed by atoms with van der Waals surface area (Å²) in [5, 5.41) is 1.10. The number of hydrogen-bond acceptors (Lipinski definition) is 3. The normalized spacial score (nSPS) is 11.2. The van der Waals surface area contributed by atoms with Gasteiger partial charge in [0.05, 0.1) is 21.3 Å². The van der Waals surface area contributed by atoms with Gasteiger partial charge in [-0.3, -0.25) is 0 Å². The van der Waals surface area contributed by atoms with Crippen LogP contribution in [0.5, 0.6) is 17.2 Å². The highest BCUT2D eigenvalue weighted by molar-refractivity contribution is 6.95. The Hall–Kier alpha value is -0.873. The maximum atomic E-state index is 6.08. The van der Waals surface area contributed by atoms with Gasteiger partial charge in [-0.15, -0.1) is 11.6 Å². The van der Waals surface area contributed by atoms with Gasteiger partial charge < -0.3 is 14.2 Å². The van der Waals surface area contributed by atoms with E-state index in [4.69, 9.17) is 25.8 Å². The average Bonchev–Trinajstić information content (AvgIpc) is 2.36. The highest BCUT2D eigenvalue weighted by Crippen LogP contribution is 2.29. The zero-order valence-corrected chi connectivity index (χ0v) is 12.7. The third-order valence-corrected chi connectivity index (χ3v) is 7.24. The van der Waals surface area contributed by atoms with Crippen molar-refractivity contribution >= 4 is 24.9 Å². The van der Waals surface area contributed by atoms with Crippen molar-refractivity contribution in [2.75, 3.05) is 26.8 Å². The lowest BCUT2D eigenvalue weighted by Gasteiger charge is -2.25. The van der Waals surface area contributed by atoms with E-state index in [-0.39, 0.29) is 0 Å². The minimum absolute atomic E-state index is 0.617. The number of ether oxygens (including phenoxy) is 3. The van der Waals surface area contributed by atoms with Gasteiger partial charge in [-0.05, 0) is 0 Å². The van der Waals surface area contributed by atoms with E-state index in [1.165, 1.54) is 0 Å². The lowest BCUT2D eigenvalue weighted by molar-refractivity contribution is 0.379. The molecule has 0 saturated heterocycles. The van der Waals surface area contributed by atoms with Crippen molar-refractivity contribution in [3.8, 4) is 17.2 Å². The molecule has 1 rings (SSSR count). The molecule has 0 fully saturated rings. The minimum atomic E-state index is -1.76. The van der Waals surface area contributed by atoms with Crippen molar-refractivity contribution in [2.24, 2.45) is 0 Å². The van der Waals surface area contributed by atoms with Crippen molar-refractivity contribution in [1.82, 2.24) is 0 Å². The summed E-state index contributed by atoms with van der Waals surface area (Å²) in [5.41, 5.74) is 0.617. The molecule has 0 aliphatic rings. The average molecular weight is 275 g/mol. The molecule has 17 heavy (non-hydrogen) atoms. The second-order valence-electron chi connectivity index (χ2n) is 4.42. The zero-order valence-electron chi connectivity index (χ0n) is 11.0. The summed E-state index contributed by atoms with van der Waals surface area (Å²) >= 11 is 6.08. The molecule has 0 aliphatic carbocycles. The SMILES string of the molecule is COc1cc(OC)c([Si](C)(C)CCl)c(OC)c1. The van der Waals surface area contributed by atoms with E-state index in [0.717, 1.165) is 22.4 Å². The fourth-order valence-corrected chi connectivity index (χ4v) is 3.96. The van der Waals surface area contributed by atoms with Crippen molar-refractivity contribution in [1.29, 1.82) is 0 Å². The molecule has 96 valence electrons. The maximum absolute atomic E-state index is 6.08. The predicted octanol–water partition coefficient (Wildman–Crippen LogP) is 2.41. The van der Waals surface area contributed by atoms with Crippen LogP contribution in [0.2, 0.25) is 13.1 Å². The highest BCUT2D eigenvalue weighted by Gasteiger charge is 2.30. The number of methoxy groups -OCH3 is 3. The molecule has 5 heteroatoms. The third kappa shape index (κ3) is 2.87. The first kappa shape index (κ1) is 14.2. The van der Waals surface area contributed by atoms with Gasteiger partial charge in [-0.1, -0.05) is 13.1 Å². The van der Waals surface area contributed by atoms with E-state index in [9.17, 15) is 0 Å². The summed E-state index contributed by atoms with van der Waals surface area (Å²) in [6, 6.07) is 3.75. The molecule has 3 nitrogen and oxygen atoms in total. The third-order valence-electron chi connectivity index (χ3n) is 2.73. The molecule has 1 aromatic rings. The van der Waals surface area contributed by atoms with E-state index < -0.39 is 8.07 Å². The first-order valence-electron chi connectivity index (χ1n) is 5.36. The van der Waals surface area contributed by atoms with E-state index in [1.54, 1.807) is 21.3 Å². The number of halogens is 1. The van der Waals surface area contributed by atoms with Gasteiger partial charge in [-0.25, -0.2) is 0 Å². The molecule has 1 aromatic carbocycles. The smallest absolute Gasteiger partial charge is 0.126 e. The van der Waals surface area contributed by atoms with Crippen LogP contribution < -0.4 is 19.4 Å². The number of hydrogen-bond donors (Lipinski definition) is 0. The Bertz CT molecular complexity index is 368. The van der Waals surface area contributed by atoms with Gasteiger partial charge in [0.2, 0.25) is 0 Å². The Balaban J connectivity index is 3.45. The van der Waals surface area contributed by atoms with Crippen LogP contribution in [-0.4, -0.2) is 34.9 Å². The van der Waals surface area contributed by atoms with Crippen LogP contribution in [-0.2, 0) is 0 Å². The fraction of sp³-hybridized carbons (Fsp3) is 0.500. The van der Waals surface area contributed by atoms with E-state index in [2.05, 4.69) is 13.1 Å². The predicted molar refractivity (Wildman–Crippen MR) is 73.9 cm³/mol. The van der Waals surface area contributed by atoms with Crippen LogP contribution >= 0.6 is 11.6 Å². The summed E-state index contributed by atoms with van der Waals surface area (Å²) in [6.07, 6.45) is 0. The lowest BCUT2D eigenvalue weighted by Crippen LogP contribution is -2.45. The second kappa shape index (κ2) is 5.64. The van der Waals surface area contributed by atoms with Gasteiger partial charge in [0.1, 0.15) is 25.3 Å². The van der Waals surface area contributed by atoms with Gasteiger partial charge in [0.15, 0.2) is 0 Å². The number of alkyl halides is 1. The first-order chi connectivity index (χ1) is 8.00. The quantitative estimate of drug-likeness (QED) is 0.610. The molecule has 0 bridgehead atoms. The van der Waals surface area contributed by atoms with Crippen molar-refractivity contribution in [2.45, 2.75) is 13.1 Å². The van der Waals surface area contributed by atoms with Gasteiger partial charge in [0, 0.05) is 22.8 Å². The van der Waals surface area contributed by atoms with Gasteiger partial charge in [0.25, 0.3) is 0 Å². The summed E-state index contributed by atoms with van der Waals surface area (Å²) in [4.78, 5) is 0. The molecule has 0 aromatic heterocycles. The minimum Gasteiger partial charge on any atom is -0.497 e. The molecule has 0 aliphatic heterocycles. The molecule has 0 radical (unpaired) electrons. The second-order valence-corrected chi connectivity index (χ2v) is 9.76. The Morgan fingerprint density at radius 2 is 1.47 bits per heavy atom. The Morgan fingerprint density at radius 1 is 1.00 bits per heavy atom. The van der Waals surface area contributed by atoms with Crippen molar-refractivity contribution < 1.29 is 14.2 Å². The molecule has 0 heterocycles. The molecule has 0 saturated carbocycles. The summed E-state index contributed by atoms with van der Waals surface area (Å²) in [7, 11) is 3.16. The Morgan fingerprint density at radius 3 is 1.76 bits per heavy atom. The lowest BCUT2D eigenvalue weighted by atomic mass is 10.3. The first-order valence-corrected chi connectivity index (χ1v) is 9.10. The molecule has 0 N–H and O–H groups in total. The summed E-state index contributed by atoms with van der Waals surface area (Å²) < 4.78 is 16.1. The van der Waals surface area contributed by atoms with Crippen LogP contribution in [0.25, 0.3) is 0 Å². The van der Waals surface area contributed by atoms with E-state index in [1.807, 2.05) is 12.1 Å². The van der Waals surface area contributed by atoms with Gasteiger partial charge >= 0.3 is 0 Å². The van der Waals surface area contributed by atoms with E-state index >= 15 is 0 Å². The van der Waals surface area contributed by atoms with Crippen LogP contribution in [0, 0.1) is 0 Å². The fourth-order valence-electron chi connectivity index (χ4n) is 1.74. The summed E-state index contributed by atoms with van der Waals surface area (Å²) in [5.74, 6) is 2.30. The van der Waals surface area contributed by atoms with Crippen LogP contribution in [0.15, 0.2) is 12.1 Å². The standard InChI is InChI=1S/C12H19ClO3Si/c1-14-9-6-10(15-2)12(11(7-9)16-3)17(4,5)8-13/h6-7H,8H2,1-5H3. The van der Waals surface area contributed by atoms with Crippen molar-refractivity contribution in [3.05, 3.63) is 12.1 Å². The number of benzene rings is 1. The zero-order chi connectivity index (χ0) is 13.1. The Labute approximate surface area is 109 Å². The van der Waals surface area contributed by atoms with Crippen molar-refractivity contribution in [3.63, 3.8) is 0 Å². The van der Waals surface area contributed by atoms with Crippen LogP contribution in [0.3, 0.4) is 0 Å². The molecule has 0 unspecified atom stereocenters. The van der Waals surface area contributed by atoms with Crippen LogP contribution in [0.1, 0.15) is 0 Å².